The fourth-order valence-corrected chi connectivity index (χ4v) is 2.39. The van der Waals surface area contributed by atoms with Gasteiger partial charge in [0, 0.05) is 19.3 Å². The van der Waals surface area contributed by atoms with Crippen LogP contribution in [-0.4, -0.2) is 18.6 Å². The highest BCUT2D eigenvalue weighted by Crippen LogP contribution is 2.27. The minimum atomic E-state index is 0.119. The number of hydrazine groups is 1. The lowest BCUT2D eigenvalue weighted by Gasteiger charge is -2.29. The SMILES string of the molecule is CNC1=CCC=C(N(N)CC(C)(C)C)C(N)=C1Br. The molecule has 0 spiro atoms. The van der Waals surface area contributed by atoms with Gasteiger partial charge in [-0.05, 0) is 27.8 Å². The Morgan fingerprint density at radius 1 is 1.39 bits per heavy atom. The van der Waals surface area contributed by atoms with Gasteiger partial charge in [-0.2, -0.15) is 0 Å². The molecule has 0 heterocycles. The van der Waals surface area contributed by atoms with Crippen molar-refractivity contribution in [3.8, 4) is 0 Å². The maximum Gasteiger partial charge on any atom is 0.0727 e. The van der Waals surface area contributed by atoms with Crippen LogP contribution in [0, 0.1) is 5.41 Å². The Kier molecular flexibility index (Phi) is 4.87. The quantitative estimate of drug-likeness (QED) is 0.551. The van der Waals surface area contributed by atoms with E-state index in [-0.39, 0.29) is 5.41 Å². The average Bonchev–Trinajstić information content (AvgIpc) is 2.38. The molecule has 0 aromatic rings. The molecular weight excluding hydrogens is 292 g/mol. The van der Waals surface area contributed by atoms with E-state index < -0.39 is 0 Å². The van der Waals surface area contributed by atoms with Crippen molar-refractivity contribution in [3.05, 3.63) is 33.7 Å². The average molecular weight is 315 g/mol. The third-order valence-corrected chi connectivity index (χ3v) is 3.46. The van der Waals surface area contributed by atoms with Crippen molar-refractivity contribution in [2.24, 2.45) is 17.0 Å². The number of hydrogen-bond donors (Lipinski definition) is 3. The monoisotopic (exact) mass is 314 g/mol. The van der Waals surface area contributed by atoms with E-state index in [4.69, 9.17) is 11.6 Å². The van der Waals surface area contributed by atoms with E-state index in [9.17, 15) is 0 Å². The van der Waals surface area contributed by atoms with Crippen molar-refractivity contribution in [2.45, 2.75) is 27.2 Å². The molecule has 0 radical (unpaired) electrons. The van der Waals surface area contributed by atoms with Crippen LogP contribution in [0.1, 0.15) is 27.2 Å². The Balaban J connectivity index is 2.98. The van der Waals surface area contributed by atoms with Crippen molar-refractivity contribution in [3.63, 3.8) is 0 Å². The van der Waals surface area contributed by atoms with Crippen LogP contribution >= 0.6 is 15.9 Å². The molecule has 0 unspecified atom stereocenters. The molecule has 0 saturated heterocycles. The summed E-state index contributed by atoms with van der Waals surface area (Å²) in [5.74, 6) is 6.13. The molecule has 0 bridgehead atoms. The van der Waals surface area contributed by atoms with Gasteiger partial charge in [0.1, 0.15) is 0 Å². The first-order chi connectivity index (χ1) is 8.26. The molecule has 0 aliphatic heterocycles. The lowest BCUT2D eigenvalue weighted by Crippen LogP contribution is -2.39. The standard InChI is InChI=1S/C13H23BrN4/c1-13(2,3)8-18(16)10-7-5-6-9(17-4)11(14)12(10)15/h6-7,17H,5,8,15-16H2,1-4H3. The topological polar surface area (TPSA) is 67.3 Å². The lowest BCUT2D eigenvalue weighted by molar-refractivity contribution is 0.241. The number of nitrogens with zero attached hydrogens (tertiary/aromatic N) is 1. The number of nitrogens with two attached hydrogens (primary N) is 2. The third-order valence-electron chi connectivity index (χ3n) is 2.61. The van der Waals surface area contributed by atoms with Gasteiger partial charge in [-0.3, -0.25) is 0 Å². The molecule has 0 fully saturated rings. The highest BCUT2D eigenvalue weighted by molar-refractivity contribution is 9.12. The predicted octanol–water partition coefficient (Wildman–Crippen LogP) is 2.16. The molecule has 0 amide bonds. The van der Waals surface area contributed by atoms with Gasteiger partial charge in [0.2, 0.25) is 0 Å². The fraction of sp³-hybridized carbons (Fsp3) is 0.538. The first kappa shape index (κ1) is 15.1. The number of likely N-dealkylation sites (N-methyl/N-ethyl adjacent to an activating group) is 1. The van der Waals surface area contributed by atoms with E-state index in [1.54, 1.807) is 5.01 Å². The van der Waals surface area contributed by atoms with Gasteiger partial charge in [-0.1, -0.05) is 32.9 Å². The Morgan fingerprint density at radius 2 is 2.00 bits per heavy atom. The summed E-state index contributed by atoms with van der Waals surface area (Å²) in [5, 5.41) is 4.84. The molecule has 0 saturated carbocycles. The molecule has 5 heteroatoms. The van der Waals surface area contributed by atoms with Crippen LogP contribution < -0.4 is 16.9 Å². The predicted molar refractivity (Wildman–Crippen MR) is 80.3 cm³/mol. The van der Waals surface area contributed by atoms with Crippen molar-refractivity contribution >= 4 is 15.9 Å². The Hall–Kier alpha value is -0.940. The molecule has 102 valence electrons. The van der Waals surface area contributed by atoms with Gasteiger partial charge in [0.25, 0.3) is 0 Å². The molecule has 0 aromatic heterocycles. The van der Waals surface area contributed by atoms with Crippen LogP contribution in [0.2, 0.25) is 0 Å². The van der Waals surface area contributed by atoms with Gasteiger partial charge in [-0.15, -0.1) is 0 Å². The summed E-state index contributed by atoms with van der Waals surface area (Å²) >= 11 is 3.52. The van der Waals surface area contributed by atoms with E-state index in [0.29, 0.717) is 5.70 Å². The summed E-state index contributed by atoms with van der Waals surface area (Å²) in [6.07, 6.45) is 4.93. The van der Waals surface area contributed by atoms with Crippen molar-refractivity contribution in [1.29, 1.82) is 0 Å². The van der Waals surface area contributed by atoms with Crippen molar-refractivity contribution in [2.75, 3.05) is 13.6 Å². The third kappa shape index (κ3) is 3.78. The number of hydrogen-bond acceptors (Lipinski definition) is 4. The summed E-state index contributed by atoms with van der Waals surface area (Å²) in [6, 6.07) is 0. The zero-order valence-electron chi connectivity index (χ0n) is 11.5. The smallest absolute Gasteiger partial charge is 0.0727 e. The second-order valence-electron chi connectivity index (χ2n) is 5.61. The first-order valence-electron chi connectivity index (χ1n) is 6.02. The fourth-order valence-electron chi connectivity index (χ4n) is 1.83. The maximum atomic E-state index is 6.17. The van der Waals surface area contributed by atoms with E-state index >= 15 is 0 Å². The zero-order valence-corrected chi connectivity index (χ0v) is 13.1. The first-order valence-corrected chi connectivity index (χ1v) is 6.82. The molecule has 1 aliphatic carbocycles. The van der Waals surface area contributed by atoms with Gasteiger partial charge < -0.3 is 16.1 Å². The minimum absolute atomic E-state index is 0.119. The number of allylic oxidation sites excluding steroid dienone is 3. The van der Waals surface area contributed by atoms with Crippen LogP contribution in [0.15, 0.2) is 33.7 Å². The van der Waals surface area contributed by atoms with Gasteiger partial charge in [0.05, 0.1) is 15.9 Å². The molecule has 18 heavy (non-hydrogen) atoms. The van der Waals surface area contributed by atoms with Gasteiger partial charge in [0.15, 0.2) is 0 Å². The van der Waals surface area contributed by atoms with E-state index in [1.165, 1.54) is 0 Å². The molecule has 0 atom stereocenters. The van der Waals surface area contributed by atoms with Gasteiger partial charge in [-0.25, -0.2) is 5.84 Å². The summed E-state index contributed by atoms with van der Waals surface area (Å²) < 4.78 is 0.859. The summed E-state index contributed by atoms with van der Waals surface area (Å²) in [7, 11) is 1.88. The van der Waals surface area contributed by atoms with Crippen LogP contribution in [0.4, 0.5) is 0 Å². The number of nitrogens with one attached hydrogen (secondary N) is 1. The largest absolute Gasteiger partial charge is 0.396 e. The van der Waals surface area contributed by atoms with E-state index in [0.717, 1.165) is 28.8 Å². The second kappa shape index (κ2) is 5.80. The molecule has 1 rings (SSSR count). The van der Waals surface area contributed by atoms with Crippen molar-refractivity contribution in [1.82, 2.24) is 10.3 Å². The Bertz CT molecular complexity index is 402. The minimum Gasteiger partial charge on any atom is -0.396 e. The zero-order chi connectivity index (χ0) is 13.9. The number of halogens is 1. The second-order valence-corrected chi connectivity index (χ2v) is 6.40. The van der Waals surface area contributed by atoms with Crippen molar-refractivity contribution < 1.29 is 0 Å². The maximum absolute atomic E-state index is 6.17. The Morgan fingerprint density at radius 3 is 2.50 bits per heavy atom. The van der Waals surface area contributed by atoms with Crippen LogP contribution in [0.3, 0.4) is 0 Å². The normalized spacial score (nSPS) is 17.0. The molecule has 4 nitrogen and oxygen atoms in total. The molecular formula is C13H23BrN4. The van der Waals surface area contributed by atoms with Gasteiger partial charge >= 0.3 is 0 Å². The lowest BCUT2D eigenvalue weighted by atomic mass is 9.96. The molecule has 0 aromatic carbocycles. The van der Waals surface area contributed by atoms with Crippen LogP contribution in [0.25, 0.3) is 0 Å². The summed E-state index contributed by atoms with van der Waals surface area (Å²) in [6.45, 7) is 7.19. The summed E-state index contributed by atoms with van der Waals surface area (Å²) in [4.78, 5) is 0. The summed E-state index contributed by atoms with van der Waals surface area (Å²) in [5.41, 5.74) is 8.82. The van der Waals surface area contributed by atoms with E-state index in [1.807, 2.05) is 13.1 Å². The van der Waals surface area contributed by atoms with Crippen LogP contribution in [0.5, 0.6) is 0 Å². The highest BCUT2D eigenvalue weighted by atomic mass is 79.9. The Labute approximate surface area is 118 Å². The highest BCUT2D eigenvalue weighted by Gasteiger charge is 2.20. The number of rotatable bonds is 3. The molecule has 1 aliphatic rings. The van der Waals surface area contributed by atoms with E-state index in [2.05, 4.69) is 48.1 Å². The molecule has 5 N–H and O–H groups in total. The van der Waals surface area contributed by atoms with Crippen LogP contribution in [-0.2, 0) is 0 Å².